The van der Waals surface area contributed by atoms with Crippen LogP contribution in [0, 0.1) is 0 Å². The van der Waals surface area contributed by atoms with Crippen molar-refractivity contribution in [2.75, 3.05) is 13.2 Å². The van der Waals surface area contributed by atoms with Gasteiger partial charge in [-0.15, -0.1) is 0 Å². The molecule has 0 aromatic heterocycles. The number of nitrogens with zero attached hydrogens (tertiary/aromatic N) is 1. The summed E-state index contributed by atoms with van der Waals surface area (Å²) in [4.78, 5) is 5.02. The van der Waals surface area contributed by atoms with E-state index in [0.29, 0.717) is 0 Å². The molecule has 0 unspecified atom stereocenters. The lowest BCUT2D eigenvalue weighted by Crippen LogP contribution is -2.11. The monoisotopic (exact) mass is 99.1 g/mol. The van der Waals surface area contributed by atoms with Gasteiger partial charge in [-0.2, -0.15) is 0 Å². The van der Waals surface area contributed by atoms with E-state index in [0.717, 1.165) is 13.2 Å². The molecule has 0 aliphatic carbocycles. The first-order valence-electron chi connectivity index (χ1n) is 2.49. The minimum Gasteiger partial charge on any atom is -0.270 e. The molecule has 1 rings (SSSR count). The minimum atomic E-state index is 0.744. The van der Waals surface area contributed by atoms with Crippen LogP contribution in [0.5, 0.6) is 0 Å². The third-order valence-electron chi connectivity index (χ3n) is 0.920. The smallest absolute Gasteiger partial charge is 0.0947 e. The summed E-state index contributed by atoms with van der Waals surface area (Å²) in [6.45, 7) is 3.74. The Morgan fingerprint density at radius 3 is 3.00 bits per heavy atom. The Hall–Kier alpha value is -0.500. The molecule has 0 fully saturated rings. The fraction of sp³-hybridized carbons (Fsp3) is 0.600. The molecule has 0 bridgehead atoms. The van der Waals surface area contributed by atoms with Gasteiger partial charge in [0.2, 0.25) is 0 Å². The van der Waals surface area contributed by atoms with Gasteiger partial charge in [-0.1, -0.05) is 0 Å². The van der Waals surface area contributed by atoms with Crippen LogP contribution in [-0.4, -0.2) is 18.2 Å². The SMILES string of the molecule is CCN1C=CCO1. The molecule has 0 amide bonds. The molecule has 0 spiro atoms. The van der Waals surface area contributed by atoms with Crippen LogP contribution in [0.3, 0.4) is 0 Å². The van der Waals surface area contributed by atoms with E-state index >= 15 is 0 Å². The first kappa shape index (κ1) is 4.65. The van der Waals surface area contributed by atoms with E-state index < -0.39 is 0 Å². The van der Waals surface area contributed by atoms with Crippen molar-refractivity contribution in [2.24, 2.45) is 0 Å². The third kappa shape index (κ3) is 0.933. The molecule has 0 atom stereocenters. The van der Waals surface area contributed by atoms with Crippen LogP contribution in [0.1, 0.15) is 6.92 Å². The van der Waals surface area contributed by atoms with E-state index in [-0.39, 0.29) is 0 Å². The molecular formula is C5H9NO. The van der Waals surface area contributed by atoms with E-state index in [9.17, 15) is 0 Å². The summed E-state index contributed by atoms with van der Waals surface area (Å²) in [6.07, 6.45) is 3.93. The van der Waals surface area contributed by atoms with Gasteiger partial charge in [0.05, 0.1) is 6.61 Å². The van der Waals surface area contributed by atoms with Crippen molar-refractivity contribution in [1.82, 2.24) is 5.06 Å². The molecule has 1 aliphatic heterocycles. The Bertz CT molecular complexity index is 80.1. The van der Waals surface area contributed by atoms with Gasteiger partial charge in [0.15, 0.2) is 0 Å². The molecule has 40 valence electrons. The first-order valence-corrected chi connectivity index (χ1v) is 2.49. The average molecular weight is 99.1 g/mol. The summed E-state index contributed by atoms with van der Waals surface area (Å²) in [5, 5.41) is 1.81. The second kappa shape index (κ2) is 1.98. The molecule has 0 radical (unpaired) electrons. The highest BCUT2D eigenvalue weighted by atomic mass is 16.7. The predicted molar refractivity (Wildman–Crippen MR) is 27.5 cm³/mol. The minimum absolute atomic E-state index is 0.744. The molecular weight excluding hydrogens is 90.1 g/mol. The van der Waals surface area contributed by atoms with Gasteiger partial charge < -0.3 is 0 Å². The highest BCUT2D eigenvalue weighted by Crippen LogP contribution is 1.97. The largest absolute Gasteiger partial charge is 0.270 e. The van der Waals surface area contributed by atoms with Gasteiger partial charge in [-0.05, 0) is 13.0 Å². The zero-order valence-electron chi connectivity index (χ0n) is 4.42. The van der Waals surface area contributed by atoms with Crippen LogP contribution in [-0.2, 0) is 4.84 Å². The zero-order chi connectivity index (χ0) is 5.11. The average Bonchev–Trinajstić information content (AvgIpc) is 2.14. The Kier molecular flexibility index (Phi) is 1.32. The van der Waals surface area contributed by atoms with Gasteiger partial charge in [0, 0.05) is 12.7 Å². The molecule has 1 aliphatic rings. The van der Waals surface area contributed by atoms with Crippen LogP contribution in [0.2, 0.25) is 0 Å². The number of hydrogen-bond donors (Lipinski definition) is 0. The van der Waals surface area contributed by atoms with Crippen LogP contribution >= 0.6 is 0 Å². The van der Waals surface area contributed by atoms with Crippen molar-refractivity contribution >= 4 is 0 Å². The lowest BCUT2D eigenvalue weighted by atomic mass is 10.6. The van der Waals surface area contributed by atoms with Crippen LogP contribution in [0.25, 0.3) is 0 Å². The maximum Gasteiger partial charge on any atom is 0.0947 e. The second-order valence-electron chi connectivity index (χ2n) is 1.41. The standard InChI is InChI=1S/C5H9NO/c1-2-6-4-3-5-7-6/h3-4H,2,5H2,1H3. The van der Waals surface area contributed by atoms with Crippen LogP contribution < -0.4 is 0 Å². The number of hydrogen-bond acceptors (Lipinski definition) is 2. The van der Waals surface area contributed by atoms with E-state index in [1.54, 1.807) is 5.06 Å². The van der Waals surface area contributed by atoms with E-state index in [2.05, 4.69) is 6.92 Å². The fourth-order valence-electron chi connectivity index (χ4n) is 0.539. The molecule has 0 saturated heterocycles. The van der Waals surface area contributed by atoms with Crippen LogP contribution in [0.15, 0.2) is 12.3 Å². The molecule has 2 nitrogen and oxygen atoms in total. The molecule has 0 N–H and O–H groups in total. The Labute approximate surface area is 43.3 Å². The van der Waals surface area contributed by atoms with E-state index in [1.807, 2.05) is 12.3 Å². The lowest BCUT2D eigenvalue weighted by Gasteiger charge is -2.08. The molecule has 2 heteroatoms. The summed E-state index contributed by atoms with van der Waals surface area (Å²) in [5.74, 6) is 0. The zero-order valence-corrected chi connectivity index (χ0v) is 4.42. The van der Waals surface area contributed by atoms with Gasteiger partial charge in [0.25, 0.3) is 0 Å². The van der Waals surface area contributed by atoms with Gasteiger partial charge >= 0.3 is 0 Å². The van der Waals surface area contributed by atoms with Crippen molar-refractivity contribution in [3.63, 3.8) is 0 Å². The van der Waals surface area contributed by atoms with Crippen molar-refractivity contribution in [1.29, 1.82) is 0 Å². The lowest BCUT2D eigenvalue weighted by molar-refractivity contribution is -0.0854. The van der Waals surface area contributed by atoms with Gasteiger partial charge in [-0.25, -0.2) is 0 Å². The summed E-state index contributed by atoms with van der Waals surface area (Å²) < 4.78 is 0. The van der Waals surface area contributed by atoms with E-state index in [1.165, 1.54) is 0 Å². The Morgan fingerprint density at radius 2 is 2.71 bits per heavy atom. The summed E-state index contributed by atoms with van der Waals surface area (Å²) >= 11 is 0. The fourth-order valence-corrected chi connectivity index (χ4v) is 0.539. The van der Waals surface area contributed by atoms with Crippen molar-refractivity contribution < 1.29 is 4.84 Å². The third-order valence-corrected chi connectivity index (χ3v) is 0.920. The van der Waals surface area contributed by atoms with Gasteiger partial charge in [0.1, 0.15) is 0 Å². The maximum absolute atomic E-state index is 5.02. The quantitative estimate of drug-likeness (QED) is 0.481. The predicted octanol–water partition coefficient (Wildman–Crippen LogP) is 0.767. The second-order valence-corrected chi connectivity index (χ2v) is 1.41. The number of hydroxylamine groups is 2. The Morgan fingerprint density at radius 1 is 1.86 bits per heavy atom. The maximum atomic E-state index is 5.02. The normalized spacial score (nSPS) is 18.7. The summed E-state index contributed by atoms with van der Waals surface area (Å²) in [5.41, 5.74) is 0. The first-order chi connectivity index (χ1) is 3.43. The summed E-state index contributed by atoms with van der Waals surface area (Å²) in [6, 6.07) is 0. The summed E-state index contributed by atoms with van der Waals surface area (Å²) in [7, 11) is 0. The van der Waals surface area contributed by atoms with Crippen molar-refractivity contribution in [3.05, 3.63) is 12.3 Å². The van der Waals surface area contributed by atoms with Gasteiger partial charge in [-0.3, -0.25) is 9.90 Å². The van der Waals surface area contributed by atoms with Crippen molar-refractivity contribution in [3.8, 4) is 0 Å². The Balaban J connectivity index is 2.28. The number of rotatable bonds is 1. The van der Waals surface area contributed by atoms with E-state index in [4.69, 9.17) is 4.84 Å². The molecule has 7 heavy (non-hydrogen) atoms. The van der Waals surface area contributed by atoms with Crippen LogP contribution in [0.4, 0.5) is 0 Å². The highest BCUT2D eigenvalue weighted by Gasteiger charge is 1.97. The molecule has 0 saturated carbocycles. The highest BCUT2D eigenvalue weighted by molar-refractivity contribution is 4.82. The molecule has 0 aromatic carbocycles. The molecule has 1 heterocycles. The molecule has 0 aromatic rings. The van der Waals surface area contributed by atoms with Crippen molar-refractivity contribution in [2.45, 2.75) is 6.92 Å². The topological polar surface area (TPSA) is 12.5 Å².